The number of methoxy groups -OCH3 is 2. The number of nitrogens with one attached hydrogen (secondary N) is 2. The number of carbonyl (C=O) groups is 1. The average Bonchev–Trinajstić information content (AvgIpc) is 2.49. The summed E-state index contributed by atoms with van der Waals surface area (Å²) in [6, 6.07) is 5.13. The summed E-state index contributed by atoms with van der Waals surface area (Å²) in [5.41, 5.74) is -0.121. The van der Waals surface area contributed by atoms with Crippen LogP contribution in [0.15, 0.2) is 18.2 Å². The lowest BCUT2D eigenvalue weighted by molar-refractivity contribution is -0.140. The van der Waals surface area contributed by atoms with Crippen LogP contribution >= 0.6 is 11.6 Å². The molecule has 1 aromatic rings. The highest BCUT2D eigenvalue weighted by atomic mass is 35.5. The number of rotatable bonds is 4. The Balaban J connectivity index is 2.14. The zero-order chi connectivity index (χ0) is 14.6. The van der Waals surface area contributed by atoms with Gasteiger partial charge in [0.1, 0.15) is 11.4 Å². The van der Waals surface area contributed by atoms with Crippen molar-refractivity contribution in [3.8, 4) is 5.75 Å². The van der Waals surface area contributed by atoms with E-state index < -0.39 is 5.60 Å². The fraction of sp³-hybridized carbons (Fsp3) is 0.500. The molecule has 5 nitrogen and oxygen atoms in total. The van der Waals surface area contributed by atoms with Gasteiger partial charge in [-0.25, -0.2) is 0 Å². The van der Waals surface area contributed by atoms with Crippen LogP contribution < -0.4 is 15.4 Å². The molecule has 0 bridgehead atoms. The maximum absolute atomic E-state index is 12.5. The molecule has 1 saturated heterocycles. The van der Waals surface area contributed by atoms with Gasteiger partial charge in [-0.15, -0.1) is 0 Å². The Morgan fingerprint density at radius 2 is 2.05 bits per heavy atom. The van der Waals surface area contributed by atoms with Crippen molar-refractivity contribution in [1.29, 1.82) is 0 Å². The second kappa shape index (κ2) is 6.43. The molecule has 0 radical (unpaired) electrons. The summed E-state index contributed by atoms with van der Waals surface area (Å²) >= 11 is 5.97. The van der Waals surface area contributed by atoms with Crippen LogP contribution in [0.1, 0.15) is 12.8 Å². The van der Waals surface area contributed by atoms with Crippen LogP contribution in [0.2, 0.25) is 5.02 Å². The third-order valence-electron chi connectivity index (χ3n) is 3.62. The van der Waals surface area contributed by atoms with Gasteiger partial charge in [-0.1, -0.05) is 11.6 Å². The standard InChI is InChI=1S/C14H19ClN2O3/c1-19-12-9-10(3-4-11(12)15)17-13(18)14(20-2)5-7-16-8-6-14/h3-4,9,16H,5-8H2,1-2H3,(H,17,18). The number of amides is 1. The fourth-order valence-corrected chi connectivity index (χ4v) is 2.53. The zero-order valence-corrected chi connectivity index (χ0v) is 12.4. The van der Waals surface area contributed by atoms with Crippen LogP contribution in [0, 0.1) is 0 Å². The van der Waals surface area contributed by atoms with E-state index in [4.69, 9.17) is 21.1 Å². The first-order chi connectivity index (χ1) is 9.61. The largest absolute Gasteiger partial charge is 0.495 e. The second-order valence-electron chi connectivity index (χ2n) is 4.75. The summed E-state index contributed by atoms with van der Waals surface area (Å²) in [6.07, 6.45) is 1.31. The van der Waals surface area contributed by atoms with Gasteiger partial charge < -0.3 is 20.1 Å². The molecule has 0 unspecified atom stereocenters. The Kier molecular flexibility index (Phi) is 4.86. The normalized spacial score (nSPS) is 17.6. The molecule has 1 aromatic carbocycles. The van der Waals surface area contributed by atoms with Crippen molar-refractivity contribution in [2.45, 2.75) is 18.4 Å². The number of carbonyl (C=O) groups excluding carboxylic acids is 1. The first-order valence-corrected chi connectivity index (χ1v) is 6.90. The summed E-state index contributed by atoms with van der Waals surface area (Å²) in [7, 11) is 3.11. The van der Waals surface area contributed by atoms with E-state index in [-0.39, 0.29) is 5.91 Å². The summed E-state index contributed by atoms with van der Waals surface area (Å²) in [6.45, 7) is 1.54. The van der Waals surface area contributed by atoms with Crippen LogP contribution in [-0.2, 0) is 9.53 Å². The Morgan fingerprint density at radius 1 is 1.35 bits per heavy atom. The van der Waals surface area contributed by atoms with Gasteiger partial charge in [0.25, 0.3) is 5.91 Å². The Hall–Kier alpha value is -1.30. The van der Waals surface area contributed by atoms with E-state index in [2.05, 4.69) is 10.6 Å². The number of halogens is 1. The molecule has 1 heterocycles. The first-order valence-electron chi connectivity index (χ1n) is 6.52. The maximum Gasteiger partial charge on any atom is 0.256 e. The maximum atomic E-state index is 12.5. The topological polar surface area (TPSA) is 59.6 Å². The van der Waals surface area contributed by atoms with Crippen LogP contribution in [0.5, 0.6) is 5.75 Å². The molecule has 2 rings (SSSR count). The van der Waals surface area contributed by atoms with Crippen LogP contribution in [0.3, 0.4) is 0 Å². The fourth-order valence-electron chi connectivity index (χ4n) is 2.34. The third kappa shape index (κ3) is 3.06. The highest BCUT2D eigenvalue weighted by Gasteiger charge is 2.39. The number of anilines is 1. The van der Waals surface area contributed by atoms with Crippen molar-refractivity contribution in [3.63, 3.8) is 0 Å². The van der Waals surface area contributed by atoms with Gasteiger partial charge in [0.05, 0.1) is 12.1 Å². The molecule has 1 fully saturated rings. The third-order valence-corrected chi connectivity index (χ3v) is 3.94. The van der Waals surface area contributed by atoms with Crippen molar-refractivity contribution >= 4 is 23.2 Å². The molecule has 0 spiro atoms. The SMILES string of the molecule is COc1cc(NC(=O)C2(OC)CCNCC2)ccc1Cl. The van der Waals surface area contributed by atoms with Gasteiger partial charge in [0.15, 0.2) is 0 Å². The lowest BCUT2D eigenvalue weighted by Gasteiger charge is -2.34. The molecule has 2 N–H and O–H groups in total. The molecule has 1 amide bonds. The summed E-state index contributed by atoms with van der Waals surface area (Å²) in [5.74, 6) is 0.395. The van der Waals surface area contributed by atoms with E-state index in [1.807, 2.05) is 0 Å². The van der Waals surface area contributed by atoms with Crippen molar-refractivity contribution in [2.24, 2.45) is 0 Å². The van der Waals surface area contributed by atoms with E-state index in [1.54, 1.807) is 25.3 Å². The van der Waals surface area contributed by atoms with E-state index in [0.717, 1.165) is 13.1 Å². The lowest BCUT2D eigenvalue weighted by atomic mass is 9.91. The monoisotopic (exact) mass is 298 g/mol. The highest BCUT2D eigenvalue weighted by Crippen LogP contribution is 2.29. The van der Waals surface area contributed by atoms with E-state index in [0.29, 0.717) is 29.3 Å². The first kappa shape index (κ1) is 15.1. The minimum atomic E-state index is -0.766. The summed E-state index contributed by atoms with van der Waals surface area (Å²) < 4.78 is 10.6. The van der Waals surface area contributed by atoms with Gasteiger partial charge in [-0.3, -0.25) is 4.79 Å². The van der Waals surface area contributed by atoms with Crippen LogP contribution in [0.4, 0.5) is 5.69 Å². The molecule has 6 heteroatoms. The smallest absolute Gasteiger partial charge is 0.256 e. The summed E-state index contributed by atoms with van der Waals surface area (Å²) in [5, 5.41) is 6.60. The predicted molar refractivity (Wildman–Crippen MR) is 78.5 cm³/mol. The average molecular weight is 299 g/mol. The molecular formula is C14H19ClN2O3. The van der Waals surface area contributed by atoms with E-state index in [9.17, 15) is 4.79 Å². The molecule has 20 heavy (non-hydrogen) atoms. The van der Waals surface area contributed by atoms with Gasteiger partial charge >= 0.3 is 0 Å². The van der Waals surface area contributed by atoms with Crippen molar-refractivity contribution in [1.82, 2.24) is 5.32 Å². The molecule has 1 aliphatic heterocycles. The minimum absolute atomic E-state index is 0.133. The highest BCUT2D eigenvalue weighted by molar-refractivity contribution is 6.32. The van der Waals surface area contributed by atoms with Crippen molar-refractivity contribution < 1.29 is 14.3 Å². The number of ether oxygens (including phenoxy) is 2. The molecule has 0 aromatic heterocycles. The van der Waals surface area contributed by atoms with Crippen molar-refractivity contribution in [2.75, 3.05) is 32.6 Å². The van der Waals surface area contributed by atoms with Gasteiger partial charge in [0.2, 0.25) is 0 Å². The minimum Gasteiger partial charge on any atom is -0.495 e. The number of hydrogen-bond acceptors (Lipinski definition) is 4. The number of piperidine rings is 1. The Bertz CT molecular complexity index is 487. The Morgan fingerprint density at radius 3 is 2.65 bits per heavy atom. The zero-order valence-electron chi connectivity index (χ0n) is 11.7. The Labute approximate surface area is 123 Å². The summed E-state index contributed by atoms with van der Waals surface area (Å²) in [4.78, 5) is 12.5. The van der Waals surface area contributed by atoms with Gasteiger partial charge in [-0.2, -0.15) is 0 Å². The molecule has 0 saturated carbocycles. The molecule has 0 aliphatic carbocycles. The van der Waals surface area contributed by atoms with E-state index >= 15 is 0 Å². The molecule has 110 valence electrons. The van der Waals surface area contributed by atoms with Crippen LogP contribution in [0.25, 0.3) is 0 Å². The van der Waals surface area contributed by atoms with Crippen molar-refractivity contribution in [3.05, 3.63) is 23.2 Å². The number of hydrogen-bond donors (Lipinski definition) is 2. The van der Waals surface area contributed by atoms with Gasteiger partial charge in [-0.05, 0) is 38.1 Å². The predicted octanol–water partition coefficient (Wildman–Crippen LogP) is 2.06. The molecule has 0 atom stereocenters. The molecular weight excluding hydrogens is 280 g/mol. The van der Waals surface area contributed by atoms with Gasteiger partial charge in [0, 0.05) is 18.9 Å². The lowest BCUT2D eigenvalue weighted by Crippen LogP contribution is -2.51. The van der Waals surface area contributed by atoms with E-state index in [1.165, 1.54) is 7.11 Å². The van der Waals surface area contributed by atoms with Crippen LogP contribution in [-0.4, -0.2) is 38.8 Å². The number of benzene rings is 1. The second-order valence-corrected chi connectivity index (χ2v) is 5.16. The molecule has 1 aliphatic rings. The quantitative estimate of drug-likeness (QED) is 0.893.